The van der Waals surface area contributed by atoms with Gasteiger partial charge in [-0.1, -0.05) is 11.6 Å². The molecule has 0 radical (unpaired) electrons. The van der Waals surface area contributed by atoms with Gasteiger partial charge >= 0.3 is 0 Å². The number of halogens is 1. The van der Waals surface area contributed by atoms with Gasteiger partial charge in [-0.15, -0.1) is 0 Å². The van der Waals surface area contributed by atoms with Crippen LogP contribution in [0.15, 0.2) is 11.2 Å². The predicted molar refractivity (Wildman–Crippen MR) is 70.4 cm³/mol. The van der Waals surface area contributed by atoms with Crippen LogP contribution in [0.25, 0.3) is 0 Å². The van der Waals surface area contributed by atoms with E-state index >= 15 is 0 Å². The minimum absolute atomic E-state index is 0.0169. The topological polar surface area (TPSA) is 87.5 Å². The Morgan fingerprint density at radius 3 is 2.74 bits per heavy atom. The van der Waals surface area contributed by atoms with Gasteiger partial charge in [-0.25, -0.2) is 13.1 Å². The summed E-state index contributed by atoms with van der Waals surface area (Å²) < 4.78 is 28.0. The first-order valence-corrected chi connectivity index (χ1v) is 7.73. The minimum atomic E-state index is -3.70. The molecule has 2 rings (SSSR count). The first kappa shape index (κ1) is 14.7. The molecule has 1 saturated heterocycles. The number of sulfonamides is 1. The summed E-state index contributed by atoms with van der Waals surface area (Å²) in [5.41, 5.74) is 0. The number of nitrogens with one attached hydrogen (secondary N) is 1. The molecule has 1 aliphatic rings. The van der Waals surface area contributed by atoms with Gasteiger partial charge in [0.05, 0.1) is 17.3 Å². The van der Waals surface area contributed by atoms with E-state index in [4.69, 9.17) is 11.6 Å². The van der Waals surface area contributed by atoms with Crippen molar-refractivity contribution in [2.75, 3.05) is 20.1 Å². The Balaban J connectivity index is 2.07. The van der Waals surface area contributed by atoms with Gasteiger partial charge in [-0.05, 0) is 13.5 Å². The summed E-state index contributed by atoms with van der Waals surface area (Å²) in [6.45, 7) is 0.788. The molecule has 9 heteroatoms. The summed E-state index contributed by atoms with van der Waals surface area (Å²) >= 11 is 5.82. The number of aliphatic hydroxyl groups excluding tert-OH is 1. The SMILES string of the molecule is CN1C[C@H](O)C[C@H]1CNS(=O)(=O)c1c(Cl)cnn1C. The summed E-state index contributed by atoms with van der Waals surface area (Å²) in [5, 5.41) is 13.4. The number of rotatable bonds is 4. The summed E-state index contributed by atoms with van der Waals surface area (Å²) in [7, 11) is -0.323. The van der Waals surface area contributed by atoms with Crippen LogP contribution < -0.4 is 4.72 Å². The summed E-state index contributed by atoms with van der Waals surface area (Å²) in [5.74, 6) is 0. The van der Waals surface area contributed by atoms with Crippen molar-refractivity contribution in [3.05, 3.63) is 11.2 Å². The Bertz CT molecular complexity index is 540. The number of likely N-dealkylation sites (tertiary alicyclic amines) is 1. The van der Waals surface area contributed by atoms with E-state index in [0.29, 0.717) is 13.0 Å². The van der Waals surface area contributed by atoms with E-state index in [0.717, 1.165) is 0 Å². The molecule has 0 unspecified atom stereocenters. The minimum Gasteiger partial charge on any atom is -0.392 e. The van der Waals surface area contributed by atoms with Gasteiger partial charge in [-0.3, -0.25) is 9.58 Å². The molecule has 7 nitrogen and oxygen atoms in total. The van der Waals surface area contributed by atoms with Crippen molar-refractivity contribution in [3.63, 3.8) is 0 Å². The second kappa shape index (κ2) is 5.37. The highest BCUT2D eigenvalue weighted by molar-refractivity contribution is 7.89. The number of likely N-dealkylation sites (N-methyl/N-ethyl adjacent to an activating group) is 1. The summed E-state index contributed by atoms with van der Waals surface area (Å²) in [6.07, 6.45) is 1.44. The number of hydrogen-bond donors (Lipinski definition) is 2. The molecule has 2 atom stereocenters. The highest BCUT2D eigenvalue weighted by Gasteiger charge is 2.30. The average molecular weight is 309 g/mol. The molecule has 2 N–H and O–H groups in total. The zero-order valence-electron chi connectivity index (χ0n) is 10.7. The highest BCUT2D eigenvalue weighted by atomic mass is 35.5. The van der Waals surface area contributed by atoms with E-state index in [1.165, 1.54) is 17.9 Å². The molecule has 0 spiro atoms. The smallest absolute Gasteiger partial charge is 0.259 e. The lowest BCUT2D eigenvalue weighted by Crippen LogP contribution is -2.38. The van der Waals surface area contributed by atoms with E-state index in [2.05, 4.69) is 9.82 Å². The van der Waals surface area contributed by atoms with Crippen molar-refractivity contribution in [2.45, 2.75) is 23.6 Å². The van der Waals surface area contributed by atoms with Crippen LogP contribution in [0.1, 0.15) is 6.42 Å². The third kappa shape index (κ3) is 3.09. The lowest BCUT2D eigenvalue weighted by atomic mass is 10.2. The number of aryl methyl sites for hydroxylation is 1. The van der Waals surface area contributed by atoms with Gasteiger partial charge in [-0.2, -0.15) is 5.10 Å². The molecule has 0 amide bonds. The van der Waals surface area contributed by atoms with Crippen LogP contribution in [0.3, 0.4) is 0 Å². The maximum absolute atomic E-state index is 12.1. The molecule has 19 heavy (non-hydrogen) atoms. The van der Waals surface area contributed by atoms with Crippen LogP contribution in [-0.2, 0) is 17.1 Å². The van der Waals surface area contributed by atoms with Crippen LogP contribution >= 0.6 is 11.6 Å². The van der Waals surface area contributed by atoms with Gasteiger partial charge in [0.2, 0.25) is 0 Å². The third-order valence-corrected chi connectivity index (χ3v) is 5.20. The number of hydrogen-bond acceptors (Lipinski definition) is 5. The number of aromatic nitrogens is 2. The molecular weight excluding hydrogens is 292 g/mol. The summed E-state index contributed by atoms with van der Waals surface area (Å²) in [4.78, 5) is 1.93. The first-order chi connectivity index (χ1) is 8.81. The molecule has 108 valence electrons. The molecule has 0 aliphatic carbocycles. The molecule has 0 bridgehead atoms. The van der Waals surface area contributed by atoms with E-state index in [1.807, 2.05) is 11.9 Å². The largest absolute Gasteiger partial charge is 0.392 e. The molecular formula is C10H17ClN4O3S. The second-order valence-electron chi connectivity index (χ2n) is 4.76. The fraction of sp³-hybridized carbons (Fsp3) is 0.700. The van der Waals surface area contributed by atoms with Crippen LogP contribution in [0.5, 0.6) is 0 Å². The van der Waals surface area contributed by atoms with Crippen molar-refractivity contribution in [3.8, 4) is 0 Å². The van der Waals surface area contributed by atoms with Gasteiger partial charge in [0.1, 0.15) is 0 Å². The van der Waals surface area contributed by atoms with Crippen molar-refractivity contribution in [1.82, 2.24) is 19.4 Å². The van der Waals surface area contributed by atoms with Gasteiger partial charge < -0.3 is 5.11 Å². The zero-order chi connectivity index (χ0) is 14.2. The zero-order valence-corrected chi connectivity index (χ0v) is 12.3. The Labute approximate surface area is 117 Å². The normalized spacial score (nSPS) is 25.1. The number of β-amino-alcohol motifs (C(OH)–C–C–N with tert-alkyl or cyclic N) is 1. The monoisotopic (exact) mass is 308 g/mol. The van der Waals surface area contributed by atoms with Crippen molar-refractivity contribution >= 4 is 21.6 Å². The van der Waals surface area contributed by atoms with Crippen LogP contribution in [0, 0.1) is 0 Å². The highest BCUT2D eigenvalue weighted by Crippen LogP contribution is 2.20. The van der Waals surface area contributed by atoms with E-state index in [9.17, 15) is 13.5 Å². The van der Waals surface area contributed by atoms with Crippen molar-refractivity contribution < 1.29 is 13.5 Å². The van der Waals surface area contributed by atoms with Crippen LogP contribution in [-0.4, -0.2) is 60.5 Å². The predicted octanol–water partition coefficient (Wildman–Crippen LogP) is -0.583. The van der Waals surface area contributed by atoms with Crippen molar-refractivity contribution in [2.24, 2.45) is 7.05 Å². The van der Waals surface area contributed by atoms with Gasteiger partial charge in [0, 0.05) is 26.2 Å². The molecule has 1 aliphatic heterocycles. The molecule has 0 aromatic carbocycles. The van der Waals surface area contributed by atoms with Crippen LogP contribution in [0.4, 0.5) is 0 Å². The third-order valence-electron chi connectivity index (χ3n) is 3.27. The maximum atomic E-state index is 12.1. The van der Waals surface area contributed by atoms with E-state index in [-0.39, 0.29) is 22.6 Å². The fourth-order valence-corrected chi connectivity index (χ4v) is 3.99. The molecule has 1 aromatic rings. The molecule has 1 fully saturated rings. The number of nitrogens with zero attached hydrogens (tertiary/aromatic N) is 3. The fourth-order valence-electron chi connectivity index (χ4n) is 2.27. The first-order valence-electron chi connectivity index (χ1n) is 5.86. The standard InChI is InChI=1S/C10H17ClN4O3S/c1-14-6-8(16)3-7(14)4-13-19(17,18)10-9(11)5-12-15(10)2/h5,7-8,13,16H,3-4,6H2,1-2H3/t7-,8+/m0/s1. The Morgan fingerprint density at radius 1 is 1.58 bits per heavy atom. The van der Waals surface area contributed by atoms with E-state index in [1.54, 1.807) is 0 Å². The quantitative estimate of drug-likeness (QED) is 0.777. The maximum Gasteiger partial charge on any atom is 0.259 e. The van der Waals surface area contributed by atoms with Crippen LogP contribution in [0.2, 0.25) is 5.02 Å². The summed E-state index contributed by atoms with van der Waals surface area (Å²) in [6, 6.07) is -0.0169. The Morgan fingerprint density at radius 2 is 2.26 bits per heavy atom. The Hall–Kier alpha value is -0.670. The molecule has 2 heterocycles. The Kier molecular flexibility index (Phi) is 4.17. The van der Waals surface area contributed by atoms with Crippen molar-refractivity contribution in [1.29, 1.82) is 0 Å². The molecule has 1 aromatic heterocycles. The van der Waals surface area contributed by atoms with E-state index < -0.39 is 16.1 Å². The average Bonchev–Trinajstić information content (AvgIpc) is 2.79. The molecule has 0 saturated carbocycles. The lowest BCUT2D eigenvalue weighted by molar-refractivity contribution is 0.182. The lowest BCUT2D eigenvalue weighted by Gasteiger charge is -2.19. The van der Waals surface area contributed by atoms with Gasteiger partial charge in [0.15, 0.2) is 5.03 Å². The second-order valence-corrected chi connectivity index (χ2v) is 6.85. The van der Waals surface area contributed by atoms with Gasteiger partial charge in [0.25, 0.3) is 10.0 Å². The number of aliphatic hydroxyl groups is 1.